The number of carbonyl (C=O) groups is 1. The first-order chi connectivity index (χ1) is 13.4. The van der Waals surface area contributed by atoms with Crippen LogP contribution in [0.3, 0.4) is 0 Å². The van der Waals surface area contributed by atoms with Crippen molar-refractivity contribution in [1.29, 1.82) is 0 Å². The molecule has 1 aliphatic heterocycles. The maximum absolute atomic E-state index is 13.2. The van der Waals surface area contributed by atoms with Crippen molar-refractivity contribution in [3.8, 4) is 5.75 Å². The van der Waals surface area contributed by atoms with Crippen molar-refractivity contribution >= 4 is 5.91 Å². The van der Waals surface area contributed by atoms with Gasteiger partial charge in [-0.05, 0) is 62.4 Å². The van der Waals surface area contributed by atoms with Crippen molar-refractivity contribution in [2.75, 3.05) is 19.8 Å². The molecule has 1 unspecified atom stereocenters. The highest BCUT2D eigenvalue weighted by atomic mass is 19.1. The van der Waals surface area contributed by atoms with Gasteiger partial charge < -0.3 is 14.4 Å². The zero-order valence-corrected chi connectivity index (χ0v) is 16.8. The third-order valence-corrected chi connectivity index (χ3v) is 5.03. The molecule has 28 heavy (non-hydrogen) atoms. The van der Waals surface area contributed by atoms with Gasteiger partial charge in [-0.25, -0.2) is 4.39 Å². The van der Waals surface area contributed by atoms with Gasteiger partial charge in [0.15, 0.2) is 6.61 Å². The van der Waals surface area contributed by atoms with Gasteiger partial charge in [0.05, 0.1) is 6.10 Å². The summed E-state index contributed by atoms with van der Waals surface area (Å²) in [6.07, 6.45) is 2.01. The van der Waals surface area contributed by atoms with Crippen molar-refractivity contribution in [3.05, 3.63) is 64.5 Å². The number of hydrogen-bond donors (Lipinski definition) is 0. The Morgan fingerprint density at radius 3 is 2.46 bits per heavy atom. The smallest absolute Gasteiger partial charge is 0.260 e. The molecule has 0 bridgehead atoms. The number of nitrogens with zero attached hydrogens (tertiary/aromatic N) is 1. The summed E-state index contributed by atoms with van der Waals surface area (Å²) in [5.74, 6) is 0.381. The van der Waals surface area contributed by atoms with Crippen molar-refractivity contribution in [3.63, 3.8) is 0 Å². The maximum Gasteiger partial charge on any atom is 0.260 e. The number of benzene rings is 2. The third-order valence-electron chi connectivity index (χ3n) is 5.03. The minimum absolute atomic E-state index is 0.0291. The number of amides is 1. The Balaban J connectivity index is 1.69. The number of ether oxygens (including phenoxy) is 2. The van der Waals surface area contributed by atoms with Crippen LogP contribution in [0.4, 0.5) is 4.39 Å². The van der Waals surface area contributed by atoms with E-state index >= 15 is 0 Å². The van der Waals surface area contributed by atoms with Gasteiger partial charge >= 0.3 is 0 Å². The van der Waals surface area contributed by atoms with E-state index in [1.165, 1.54) is 17.7 Å². The summed E-state index contributed by atoms with van der Waals surface area (Å²) in [6, 6.07) is 10.4. The zero-order chi connectivity index (χ0) is 20.1. The molecule has 1 saturated heterocycles. The van der Waals surface area contributed by atoms with Gasteiger partial charge in [-0.3, -0.25) is 4.79 Å². The van der Waals surface area contributed by atoms with Gasteiger partial charge in [0.2, 0.25) is 0 Å². The predicted octanol–water partition coefficient (Wildman–Crippen LogP) is 4.34. The molecule has 1 atom stereocenters. The second-order valence-electron chi connectivity index (χ2n) is 7.55. The number of carbonyl (C=O) groups excluding carboxylic acids is 1. The van der Waals surface area contributed by atoms with E-state index in [2.05, 4.69) is 12.1 Å². The van der Waals surface area contributed by atoms with E-state index < -0.39 is 0 Å². The minimum atomic E-state index is -0.283. The van der Waals surface area contributed by atoms with Gasteiger partial charge in [-0.1, -0.05) is 29.8 Å². The van der Waals surface area contributed by atoms with Gasteiger partial charge in [0.25, 0.3) is 5.91 Å². The van der Waals surface area contributed by atoms with Crippen molar-refractivity contribution in [2.45, 2.75) is 46.3 Å². The average Bonchev–Trinajstić information content (AvgIpc) is 3.15. The van der Waals surface area contributed by atoms with Crippen LogP contribution in [0, 0.1) is 26.6 Å². The fourth-order valence-electron chi connectivity index (χ4n) is 3.72. The highest BCUT2D eigenvalue weighted by molar-refractivity contribution is 5.78. The quantitative estimate of drug-likeness (QED) is 0.712. The molecule has 0 saturated carbocycles. The normalized spacial score (nSPS) is 16.2. The SMILES string of the molecule is Cc1cc(C)c(OCC(=O)N(Cc2ccc(F)cc2)CC2CCCO2)c(C)c1. The molecule has 1 heterocycles. The van der Waals surface area contributed by atoms with E-state index in [9.17, 15) is 9.18 Å². The van der Waals surface area contributed by atoms with E-state index in [0.29, 0.717) is 13.1 Å². The zero-order valence-electron chi connectivity index (χ0n) is 16.8. The highest BCUT2D eigenvalue weighted by Gasteiger charge is 2.23. The van der Waals surface area contributed by atoms with Crippen molar-refractivity contribution < 1.29 is 18.7 Å². The lowest BCUT2D eigenvalue weighted by Gasteiger charge is -2.26. The van der Waals surface area contributed by atoms with Gasteiger partial charge in [0.1, 0.15) is 11.6 Å². The number of halogens is 1. The Bertz CT molecular complexity index is 790. The van der Waals surface area contributed by atoms with Crippen LogP contribution in [0.15, 0.2) is 36.4 Å². The van der Waals surface area contributed by atoms with Gasteiger partial charge in [-0.15, -0.1) is 0 Å². The molecule has 2 aromatic rings. The summed E-state index contributed by atoms with van der Waals surface area (Å²) in [7, 11) is 0. The summed E-state index contributed by atoms with van der Waals surface area (Å²) in [5, 5.41) is 0. The van der Waals surface area contributed by atoms with Crippen LogP contribution in [0.2, 0.25) is 0 Å². The Labute approximate surface area is 166 Å². The molecule has 0 aliphatic carbocycles. The predicted molar refractivity (Wildman–Crippen MR) is 107 cm³/mol. The van der Waals surface area contributed by atoms with Crippen LogP contribution in [-0.4, -0.2) is 36.7 Å². The molecular weight excluding hydrogens is 357 g/mol. The Morgan fingerprint density at radius 2 is 1.86 bits per heavy atom. The van der Waals surface area contributed by atoms with E-state index in [0.717, 1.165) is 41.9 Å². The van der Waals surface area contributed by atoms with Crippen molar-refractivity contribution in [2.24, 2.45) is 0 Å². The molecule has 5 heteroatoms. The minimum Gasteiger partial charge on any atom is -0.483 e. The first-order valence-electron chi connectivity index (χ1n) is 9.77. The van der Waals surface area contributed by atoms with E-state index in [4.69, 9.17) is 9.47 Å². The van der Waals surface area contributed by atoms with Crippen LogP contribution >= 0.6 is 0 Å². The third kappa shape index (κ3) is 5.32. The lowest BCUT2D eigenvalue weighted by molar-refractivity contribution is -0.135. The molecule has 1 amide bonds. The maximum atomic E-state index is 13.2. The van der Waals surface area contributed by atoms with Crippen LogP contribution < -0.4 is 4.74 Å². The molecule has 0 aromatic heterocycles. The number of aryl methyl sites for hydroxylation is 3. The Kier molecular flexibility index (Phi) is 6.68. The summed E-state index contributed by atoms with van der Waals surface area (Å²) in [5.41, 5.74) is 4.10. The molecule has 0 radical (unpaired) electrons. The first-order valence-corrected chi connectivity index (χ1v) is 9.77. The summed E-state index contributed by atoms with van der Waals surface area (Å²) in [6.45, 7) is 7.66. The average molecular weight is 385 g/mol. The van der Waals surface area contributed by atoms with Gasteiger partial charge in [0, 0.05) is 19.7 Å². The lowest BCUT2D eigenvalue weighted by atomic mass is 10.1. The van der Waals surface area contributed by atoms with E-state index in [-0.39, 0.29) is 24.4 Å². The lowest BCUT2D eigenvalue weighted by Crippen LogP contribution is -2.39. The van der Waals surface area contributed by atoms with Gasteiger partial charge in [-0.2, -0.15) is 0 Å². The van der Waals surface area contributed by atoms with Crippen LogP contribution in [-0.2, 0) is 16.1 Å². The molecule has 3 rings (SSSR count). The Morgan fingerprint density at radius 1 is 1.18 bits per heavy atom. The molecular formula is C23H28FNO3. The van der Waals surface area contributed by atoms with E-state index in [1.807, 2.05) is 20.8 Å². The summed E-state index contributed by atoms with van der Waals surface area (Å²) >= 11 is 0. The topological polar surface area (TPSA) is 38.8 Å². The molecule has 0 N–H and O–H groups in total. The van der Waals surface area contributed by atoms with Crippen molar-refractivity contribution in [1.82, 2.24) is 4.90 Å². The van der Waals surface area contributed by atoms with E-state index in [1.54, 1.807) is 17.0 Å². The number of rotatable bonds is 7. The molecule has 4 nitrogen and oxygen atoms in total. The second-order valence-corrected chi connectivity index (χ2v) is 7.55. The molecule has 0 spiro atoms. The Hall–Kier alpha value is -2.40. The fourth-order valence-corrected chi connectivity index (χ4v) is 3.72. The first kappa shape index (κ1) is 20.3. The standard InChI is InChI=1S/C23H28FNO3/c1-16-11-17(2)23(18(3)12-16)28-15-22(26)25(14-21-5-4-10-27-21)13-19-6-8-20(24)9-7-19/h6-9,11-12,21H,4-5,10,13-15H2,1-3H3. The second kappa shape index (κ2) is 9.20. The summed E-state index contributed by atoms with van der Waals surface area (Å²) < 4.78 is 24.8. The van der Waals surface area contributed by atoms with Crippen LogP contribution in [0.25, 0.3) is 0 Å². The molecule has 150 valence electrons. The fraction of sp³-hybridized carbons (Fsp3) is 0.435. The highest BCUT2D eigenvalue weighted by Crippen LogP contribution is 2.25. The molecule has 1 aliphatic rings. The van der Waals surface area contributed by atoms with Crippen LogP contribution in [0.5, 0.6) is 5.75 Å². The summed E-state index contributed by atoms with van der Waals surface area (Å²) in [4.78, 5) is 14.7. The number of hydrogen-bond acceptors (Lipinski definition) is 3. The van der Waals surface area contributed by atoms with Crippen LogP contribution in [0.1, 0.15) is 35.1 Å². The molecule has 1 fully saturated rings. The molecule has 2 aromatic carbocycles. The largest absolute Gasteiger partial charge is 0.483 e. The monoisotopic (exact) mass is 385 g/mol.